The Morgan fingerprint density at radius 1 is 1.29 bits per heavy atom. The third-order valence-electron chi connectivity index (χ3n) is 3.55. The van der Waals surface area contributed by atoms with Crippen molar-refractivity contribution < 1.29 is 4.74 Å². The summed E-state index contributed by atoms with van der Waals surface area (Å²) in [5, 5.41) is 9.06. The van der Waals surface area contributed by atoms with E-state index < -0.39 is 0 Å². The number of methoxy groups -OCH3 is 1. The molecule has 0 heterocycles. The molecule has 0 bridgehead atoms. The number of aryl methyl sites for hydroxylation is 1. The molecule has 0 fully saturated rings. The first-order valence-electron chi connectivity index (χ1n) is 6.08. The molecule has 0 aliphatic rings. The quantitative estimate of drug-likeness (QED) is 0.791. The Morgan fingerprint density at radius 2 is 1.94 bits per heavy atom. The molecular formula is C15H21NO. The Kier molecular flexibility index (Phi) is 4.57. The highest BCUT2D eigenvalue weighted by atomic mass is 16.5. The van der Waals surface area contributed by atoms with Crippen LogP contribution in [0, 0.1) is 38.0 Å². The van der Waals surface area contributed by atoms with E-state index in [1.165, 1.54) is 22.3 Å². The van der Waals surface area contributed by atoms with E-state index in [1.54, 1.807) is 7.11 Å². The molecular weight excluding hydrogens is 210 g/mol. The number of hydrogen-bond acceptors (Lipinski definition) is 2. The zero-order valence-corrected chi connectivity index (χ0v) is 11.4. The van der Waals surface area contributed by atoms with Gasteiger partial charge in [0.2, 0.25) is 0 Å². The fourth-order valence-electron chi connectivity index (χ4n) is 2.15. The minimum absolute atomic E-state index is 0.111. The average Bonchev–Trinajstić information content (AvgIpc) is 2.34. The summed E-state index contributed by atoms with van der Waals surface area (Å²) in [6.45, 7) is 8.35. The molecule has 1 aromatic carbocycles. The van der Waals surface area contributed by atoms with Crippen LogP contribution in [0.5, 0.6) is 5.75 Å². The van der Waals surface area contributed by atoms with E-state index >= 15 is 0 Å². The van der Waals surface area contributed by atoms with Gasteiger partial charge in [0.05, 0.1) is 19.1 Å². The van der Waals surface area contributed by atoms with Crippen molar-refractivity contribution in [1.29, 1.82) is 5.26 Å². The van der Waals surface area contributed by atoms with Crippen LogP contribution < -0.4 is 4.74 Å². The summed E-state index contributed by atoms with van der Waals surface area (Å²) in [5.41, 5.74) is 4.96. The van der Waals surface area contributed by atoms with Crippen molar-refractivity contribution in [2.24, 2.45) is 5.92 Å². The van der Waals surface area contributed by atoms with Gasteiger partial charge in [0.25, 0.3) is 0 Å². The summed E-state index contributed by atoms with van der Waals surface area (Å²) >= 11 is 0. The van der Waals surface area contributed by atoms with Gasteiger partial charge in [-0.05, 0) is 61.9 Å². The predicted molar refractivity (Wildman–Crippen MR) is 70.3 cm³/mol. The third kappa shape index (κ3) is 2.79. The monoisotopic (exact) mass is 231 g/mol. The molecule has 92 valence electrons. The second-order valence-electron chi connectivity index (χ2n) is 4.56. The van der Waals surface area contributed by atoms with Gasteiger partial charge in [-0.2, -0.15) is 5.26 Å². The Bertz CT molecular complexity index is 443. The maximum Gasteiger partial charge on any atom is 0.122 e. The smallest absolute Gasteiger partial charge is 0.122 e. The lowest BCUT2D eigenvalue weighted by Gasteiger charge is -2.17. The topological polar surface area (TPSA) is 33.0 Å². The normalized spacial score (nSPS) is 12.0. The van der Waals surface area contributed by atoms with E-state index in [9.17, 15) is 0 Å². The minimum Gasteiger partial charge on any atom is -0.496 e. The molecule has 0 saturated heterocycles. The number of nitriles is 1. The lowest BCUT2D eigenvalue weighted by atomic mass is 9.89. The number of rotatable bonds is 4. The summed E-state index contributed by atoms with van der Waals surface area (Å²) < 4.78 is 5.35. The van der Waals surface area contributed by atoms with Gasteiger partial charge in [-0.25, -0.2) is 0 Å². The highest BCUT2D eigenvalue weighted by Gasteiger charge is 2.14. The SMILES string of the molecule is CCC(C#N)Cc1c(C)cc(OC)c(C)c1C. The summed E-state index contributed by atoms with van der Waals surface area (Å²) in [4.78, 5) is 0. The number of hydrogen-bond donors (Lipinski definition) is 0. The van der Waals surface area contributed by atoms with Gasteiger partial charge in [0.1, 0.15) is 5.75 Å². The van der Waals surface area contributed by atoms with Crippen molar-refractivity contribution in [2.45, 2.75) is 40.5 Å². The van der Waals surface area contributed by atoms with E-state index in [0.29, 0.717) is 0 Å². The zero-order chi connectivity index (χ0) is 13.0. The van der Waals surface area contributed by atoms with Crippen molar-refractivity contribution in [3.8, 4) is 11.8 Å². The molecule has 0 aromatic heterocycles. The van der Waals surface area contributed by atoms with Crippen LogP contribution in [0.3, 0.4) is 0 Å². The third-order valence-corrected chi connectivity index (χ3v) is 3.55. The van der Waals surface area contributed by atoms with Crippen LogP contribution in [0.15, 0.2) is 6.07 Å². The van der Waals surface area contributed by atoms with E-state index in [1.807, 2.05) is 0 Å². The van der Waals surface area contributed by atoms with Crippen LogP contribution >= 0.6 is 0 Å². The first kappa shape index (κ1) is 13.6. The van der Waals surface area contributed by atoms with E-state index in [-0.39, 0.29) is 5.92 Å². The van der Waals surface area contributed by atoms with Crippen molar-refractivity contribution in [3.05, 3.63) is 28.3 Å². The number of nitrogens with zero attached hydrogens (tertiary/aromatic N) is 1. The van der Waals surface area contributed by atoms with Crippen LogP contribution in [-0.2, 0) is 6.42 Å². The van der Waals surface area contributed by atoms with Crippen LogP contribution in [0.4, 0.5) is 0 Å². The fraction of sp³-hybridized carbons (Fsp3) is 0.533. The van der Waals surface area contributed by atoms with Crippen LogP contribution in [0.25, 0.3) is 0 Å². The molecule has 0 N–H and O–H groups in total. The maximum absolute atomic E-state index is 9.06. The Hall–Kier alpha value is -1.49. The molecule has 17 heavy (non-hydrogen) atoms. The fourth-order valence-corrected chi connectivity index (χ4v) is 2.15. The van der Waals surface area contributed by atoms with Crippen molar-refractivity contribution in [2.75, 3.05) is 7.11 Å². The molecule has 1 unspecified atom stereocenters. The average molecular weight is 231 g/mol. The van der Waals surface area contributed by atoms with E-state index in [0.717, 1.165) is 18.6 Å². The van der Waals surface area contributed by atoms with Crippen LogP contribution in [-0.4, -0.2) is 7.11 Å². The standard InChI is InChI=1S/C15H21NO/c1-6-13(9-16)8-14-10(2)7-15(17-5)12(4)11(14)3/h7,13H,6,8H2,1-5H3. The molecule has 0 saturated carbocycles. The van der Waals surface area contributed by atoms with Crippen LogP contribution in [0.1, 0.15) is 35.6 Å². The maximum atomic E-state index is 9.06. The van der Waals surface area contributed by atoms with Gasteiger partial charge in [-0.15, -0.1) is 0 Å². The molecule has 1 atom stereocenters. The highest BCUT2D eigenvalue weighted by molar-refractivity contribution is 5.48. The molecule has 1 aromatic rings. The highest BCUT2D eigenvalue weighted by Crippen LogP contribution is 2.29. The molecule has 2 nitrogen and oxygen atoms in total. The van der Waals surface area contributed by atoms with Crippen molar-refractivity contribution >= 4 is 0 Å². The lowest BCUT2D eigenvalue weighted by Crippen LogP contribution is -2.06. The molecule has 0 amide bonds. The predicted octanol–water partition coefficient (Wildman–Crippen LogP) is 3.71. The zero-order valence-electron chi connectivity index (χ0n) is 11.4. The summed E-state index contributed by atoms with van der Waals surface area (Å²) in [6, 6.07) is 4.44. The summed E-state index contributed by atoms with van der Waals surface area (Å²) in [6.07, 6.45) is 1.75. The summed E-state index contributed by atoms with van der Waals surface area (Å²) in [7, 11) is 1.70. The second-order valence-corrected chi connectivity index (χ2v) is 4.56. The van der Waals surface area contributed by atoms with Gasteiger partial charge in [0, 0.05) is 0 Å². The van der Waals surface area contributed by atoms with Gasteiger partial charge < -0.3 is 4.74 Å². The lowest BCUT2D eigenvalue weighted by molar-refractivity contribution is 0.410. The van der Waals surface area contributed by atoms with Crippen molar-refractivity contribution in [1.82, 2.24) is 0 Å². The van der Waals surface area contributed by atoms with Crippen LogP contribution in [0.2, 0.25) is 0 Å². The minimum atomic E-state index is 0.111. The Balaban J connectivity index is 3.17. The first-order chi connectivity index (χ1) is 8.04. The molecule has 0 aliphatic carbocycles. The van der Waals surface area contributed by atoms with Crippen molar-refractivity contribution in [3.63, 3.8) is 0 Å². The molecule has 0 radical (unpaired) electrons. The Morgan fingerprint density at radius 3 is 2.41 bits per heavy atom. The molecule has 0 spiro atoms. The summed E-state index contributed by atoms with van der Waals surface area (Å²) in [5.74, 6) is 1.05. The van der Waals surface area contributed by atoms with Gasteiger partial charge in [-0.3, -0.25) is 0 Å². The molecule has 0 aliphatic heterocycles. The first-order valence-corrected chi connectivity index (χ1v) is 6.08. The molecule has 1 rings (SSSR count). The Labute approximate surface area is 104 Å². The van der Waals surface area contributed by atoms with Gasteiger partial charge >= 0.3 is 0 Å². The van der Waals surface area contributed by atoms with E-state index in [4.69, 9.17) is 10.00 Å². The molecule has 2 heteroatoms. The van der Waals surface area contributed by atoms with Gasteiger partial charge in [0.15, 0.2) is 0 Å². The second kappa shape index (κ2) is 5.72. The number of benzene rings is 1. The number of ether oxygens (including phenoxy) is 1. The van der Waals surface area contributed by atoms with Gasteiger partial charge in [-0.1, -0.05) is 6.92 Å². The largest absolute Gasteiger partial charge is 0.496 e. The van der Waals surface area contributed by atoms with E-state index in [2.05, 4.69) is 39.8 Å².